The van der Waals surface area contributed by atoms with E-state index in [1.807, 2.05) is 47.4 Å². The van der Waals surface area contributed by atoms with E-state index in [0.717, 1.165) is 35.6 Å². The van der Waals surface area contributed by atoms with Crippen molar-refractivity contribution in [1.29, 1.82) is 0 Å². The minimum Gasteiger partial charge on any atom is -0.356 e. The van der Waals surface area contributed by atoms with E-state index in [1.54, 1.807) is 6.20 Å². The highest BCUT2D eigenvalue weighted by Gasteiger charge is 2.22. The Morgan fingerprint density at radius 2 is 1.88 bits per heavy atom. The van der Waals surface area contributed by atoms with Gasteiger partial charge in [-0.15, -0.1) is 0 Å². The first-order valence-corrected chi connectivity index (χ1v) is 8.33. The molecule has 0 bridgehead atoms. The zero-order valence-electron chi connectivity index (χ0n) is 13.8. The van der Waals surface area contributed by atoms with Gasteiger partial charge in [0, 0.05) is 37.8 Å². The molecule has 2 aromatic heterocycles. The second-order valence-electron chi connectivity index (χ2n) is 5.95. The van der Waals surface area contributed by atoms with Crippen LogP contribution in [0.3, 0.4) is 0 Å². The van der Waals surface area contributed by atoms with Crippen LogP contribution in [0.1, 0.15) is 5.69 Å². The lowest BCUT2D eigenvalue weighted by Gasteiger charge is -2.35. The van der Waals surface area contributed by atoms with Crippen molar-refractivity contribution in [2.75, 3.05) is 31.1 Å². The van der Waals surface area contributed by atoms with Gasteiger partial charge in [0.25, 0.3) is 0 Å². The molecule has 3 heterocycles. The molecule has 3 aromatic rings. The van der Waals surface area contributed by atoms with Crippen LogP contribution in [0, 0.1) is 0 Å². The van der Waals surface area contributed by atoms with Gasteiger partial charge in [-0.25, -0.2) is 9.78 Å². The molecule has 1 saturated heterocycles. The molecule has 0 radical (unpaired) electrons. The molecular weight excluding hydrogens is 318 g/mol. The number of benzene rings is 1. The van der Waals surface area contributed by atoms with Crippen molar-refractivity contribution in [2.45, 2.75) is 6.54 Å². The van der Waals surface area contributed by atoms with Gasteiger partial charge in [0.2, 0.25) is 0 Å². The molecule has 1 aromatic carbocycles. The molecule has 0 spiro atoms. The summed E-state index contributed by atoms with van der Waals surface area (Å²) in [5, 5.41) is 7.90. The minimum atomic E-state index is -0.0762. The largest absolute Gasteiger partial charge is 0.356 e. The van der Waals surface area contributed by atoms with Crippen molar-refractivity contribution in [3.8, 4) is 0 Å². The van der Waals surface area contributed by atoms with Crippen LogP contribution in [0.25, 0.3) is 11.0 Å². The summed E-state index contributed by atoms with van der Waals surface area (Å²) in [6.45, 7) is 3.24. The molecule has 1 fully saturated rings. The first-order valence-electron chi connectivity index (χ1n) is 8.33. The number of rotatable bonds is 3. The Bertz CT molecular complexity index is 856. The van der Waals surface area contributed by atoms with E-state index in [1.165, 1.54) is 0 Å². The molecule has 128 valence electrons. The van der Waals surface area contributed by atoms with Gasteiger partial charge >= 0.3 is 6.03 Å². The number of nitrogens with one attached hydrogen (secondary N) is 1. The van der Waals surface area contributed by atoms with Crippen LogP contribution in [0.5, 0.6) is 0 Å². The molecule has 1 aliphatic rings. The summed E-state index contributed by atoms with van der Waals surface area (Å²) in [7, 11) is 0. The highest BCUT2D eigenvalue weighted by Crippen LogP contribution is 2.17. The lowest BCUT2D eigenvalue weighted by molar-refractivity contribution is 0.193. The number of fused-ring (bicyclic) bond motifs is 1. The van der Waals surface area contributed by atoms with Crippen molar-refractivity contribution in [3.05, 3.63) is 54.4 Å². The van der Waals surface area contributed by atoms with E-state index in [4.69, 9.17) is 4.52 Å². The molecule has 2 amide bonds. The van der Waals surface area contributed by atoms with Crippen LogP contribution in [-0.4, -0.2) is 47.3 Å². The van der Waals surface area contributed by atoms with Crippen molar-refractivity contribution in [3.63, 3.8) is 0 Å². The number of piperazine rings is 1. The van der Waals surface area contributed by atoms with E-state index in [2.05, 4.69) is 20.4 Å². The first kappa shape index (κ1) is 15.4. The molecule has 1 aliphatic heterocycles. The lowest BCUT2D eigenvalue weighted by atomic mass is 10.2. The third-order valence-electron chi connectivity index (χ3n) is 4.40. The van der Waals surface area contributed by atoms with E-state index in [0.29, 0.717) is 19.6 Å². The summed E-state index contributed by atoms with van der Waals surface area (Å²) in [6, 6.07) is 13.4. The van der Waals surface area contributed by atoms with Crippen LogP contribution in [-0.2, 0) is 6.54 Å². The topological polar surface area (TPSA) is 74.5 Å². The molecule has 25 heavy (non-hydrogen) atoms. The number of pyridine rings is 1. The highest BCUT2D eigenvalue weighted by molar-refractivity contribution is 5.80. The normalized spacial score (nSPS) is 14.7. The minimum absolute atomic E-state index is 0.0762. The number of urea groups is 1. The lowest BCUT2D eigenvalue weighted by Crippen LogP contribution is -2.51. The molecular formula is C18H19N5O2. The summed E-state index contributed by atoms with van der Waals surface area (Å²) in [5.74, 6) is 0.955. The van der Waals surface area contributed by atoms with Crippen molar-refractivity contribution >= 4 is 22.8 Å². The van der Waals surface area contributed by atoms with Crippen molar-refractivity contribution in [1.82, 2.24) is 20.4 Å². The fourth-order valence-corrected chi connectivity index (χ4v) is 3.02. The Morgan fingerprint density at radius 3 is 2.68 bits per heavy atom. The number of hydrogen-bond acceptors (Lipinski definition) is 5. The molecule has 1 N–H and O–H groups in total. The quantitative estimate of drug-likeness (QED) is 0.793. The van der Waals surface area contributed by atoms with Gasteiger partial charge in [0.05, 0.1) is 6.54 Å². The number of anilines is 1. The Kier molecular flexibility index (Phi) is 4.20. The number of hydrogen-bond donors (Lipinski definition) is 1. The van der Waals surface area contributed by atoms with Gasteiger partial charge in [-0.05, 0) is 24.3 Å². The smallest absolute Gasteiger partial charge is 0.317 e. The fourth-order valence-electron chi connectivity index (χ4n) is 3.02. The van der Waals surface area contributed by atoms with E-state index in [-0.39, 0.29) is 6.03 Å². The van der Waals surface area contributed by atoms with E-state index < -0.39 is 0 Å². The van der Waals surface area contributed by atoms with Gasteiger partial charge in [0.15, 0.2) is 5.58 Å². The second-order valence-corrected chi connectivity index (χ2v) is 5.95. The third-order valence-corrected chi connectivity index (χ3v) is 4.40. The standard InChI is InChI=1S/C18H19N5O2/c24-18(20-13-15-14-5-1-2-6-16(14)25-21-15)23-11-9-22(10-12-23)17-7-3-4-8-19-17/h1-8H,9-13H2,(H,20,24). The van der Waals surface area contributed by atoms with Gasteiger partial charge in [0.1, 0.15) is 11.5 Å². The number of carbonyl (C=O) groups excluding carboxylic acids is 1. The summed E-state index contributed by atoms with van der Waals surface area (Å²) in [4.78, 5) is 20.8. The fraction of sp³-hybridized carbons (Fsp3) is 0.278. The second kappa shape index (κ2) is 6.80. The molecule has 4 rings (SSSR count). The predicted octanol–water partition coefficient (Wildman–Crippen LogP) is 2.25. The monoisotopic (exact) mass is 337 g/mol. The van der Waals surface area contributed by atoms with Crippen LogP contribution < -0.4 is 10.2 Å². The number of aromatic nitrogens is 2. The predicted molar refractivity (Wildman–Crippen MR) is 94.3 cm³/mol. The molecule has 0 unspecified atom stereocenters. The van der Waals surface area contributed by atoms with Gasteiger partial charge in [-0.1, -0.05) is 23.4 Å². The van der Waals surface area contributed by atoms with Crippen LogP contribution in [0.15, 0.2) is 53.2 Å². The zero-order valence-corrected chi connectivity index (χ0v) is 13.8. The van der Waals surface area contributed by atoms with Gasteiger partial charge < -0.3 is 19.6 Å². The summed E-state index contributed by atoms with van der Waals surface area (Å²) in [5.41, 5.74) is 1.48. The number of para-hydroxylation sites is 1. The van der Waals surface area contributed by atoms with E-state index >= 15 is 0 Å². The maximum absolute atomic E-state index is 12.4. The van der Waals surface area contributed by atoms with Crippen LogP contribution >= 0.6 is 0 Å². The average Bonchev–Trinajstić information content (AvgIpc) is 3.10. The Morgan fingerprint density at radius 1 is 1.08 bits per heavy atom. The molecule has 0 atom stereocenters. The first-order chi connectivity index (χ1) is 12.3. The maximum atomic E-state index is 12.4. The number of carbonyl (C=O) groups is 1. The maximum Gasteiger partial charge on any atom is 0.317 e. The van der Waals surface area contributed by atoms with E-state index in [9.17, 15) is 4.79 Å². The SMILES string of the molecule is O=C(NCc1noc2ccccc12)N1CCN(c2ccccn2)CC1. The third kappa shape index (κ3) is 3.26. The van der Waals surface area contributed by atoms with Crippen LogP contribution in [0.4, 0.5) is 10.6 Å². The molecule has 7 nitrogen and oxygen atoms in total. The summed E-state index contributed by atoms with van der Waals surface area (Å²) < 4.78 is 5.26. The number of nitrogens with zero attached hydrogens (tertiary/aromatic N) is 4. The molecule has 7 heteroatoms. The molecule has 0 aliphatic carbocycles. The zero-order chi connectivity index (χ0) is 17.1. The molecule has 0 saturated carbocycles. The Labute approximate surface area is 145 Å². The van der Waals surface area contributed by atoms with Gasteiger partial charge in [-0.3, -0.25) is 0 Å². The number of amides is 2. The van der Waals surface area contributed by atoms with Gasteiger partial charge in [-0.2, -0.15) is 0 Å². The average molecular weight is 337 g/mol. The summed E-state index contributed by atoms with van der Waals surface area (Å²) in [6.07, 6.45) is 1.79. The Hall–Kier alpha value is -3.09. The highest BCUT2D eigenvalue weighted by atomic mass is 16.5. The van der Waals surface area contributed by atoms with Crippen molar-refractivity contribution in [2.24, 2.45) is 0 Å². The Balaban J connectivity index is 1.32. The summed E-state index contributed by atoms with van der Waals surface area (Å²) >= 11 is 0. The van der Waals surface area contributed by atoms with Crippen molar-refractivity contribution < 1.29 is 9.32 Å². The van der Waals surface area contributed by atoms with Crippen LogP contribution in [0.2, 0.25) is 0 Å².